The smallest absolute Gasteiger partial charge is 0.272 e. The highest BCUT2D eigenvalue weighted by Gasteiger charge is 2.24. The lowest BCUT2D eigenvalue weighted by molar-refractivity contribution is -0.385. The Morgan fingerprint density at radius 2 is 1.91 bits per heavy atom. The molecule has 0 amide bonds. The maximum absolute atomic E-state index is 13.9. The Morgan fingerprint density at radius 3 is 2.52 bits per heavy atom. The second kappa shape index (κ2) is 7.25. The van der Waals surface area contributed by atoms with Crippen LogP contribution in [0.5, 0.6) is 0 Å². The van der Waals surface area contributed by atoms with E-state index in [1.54, 1.807) is 0 Å². The van der Waals surface area contributed by atoms with Gasteiger partial charge in [-0.15, -0.1) is 0 Å². The summed E-state index contributed by atoms with van der Waals surface area (Å²) in [5.41, 5.74) is 0.157. The van der Waals surface area contributed by atoms with Crippen molar-refractivity contribution in [3.63, 3.8) is 0 Å². The summed E-state index contributed by atoms with van der Waals surface area (Å²) < 4.78 is 13.9. The molecule has 0 aromatic heterocycles. The molecule has 0 atom stereocenters. The lowest BCUT2D eigenvalue weighted by Crippen LogP contribution is -2.41. The standard InChI is InChI=1S/C17H24FN3O2/c18-16-11-15(21(22)23)5-6-17(16)19-14-7-9-20(10-8-14)12-13-3-1-2-4-13/h5-6,11,13-14,19H,1-4,7-10,12H2. The number of hydrogen-bond acceptors (Lipinski definition) is 4. The topological polar surface area (TPSA) is 58.4 Å². The van der Waals surface area contributed by atoms with Crippen molar-refractivity contribution in [1.29, 1.82) is 0 Å². The van der Waals surface area contributed by atoms with Crippen molar-refractivity contribution in [2.75, 3.05) is 25.0 Å². The molecule has 0 unspecified atom stereocenters. The van der Waals surface area contributed by atoms with Gasteiger partial charge in [0.2, 0.25) is 0 Å². The van der Waals surface area contributed by atoms with Gasteiger partial charge >= 0.3 is 0 Å². The summed E-state index contributed by atoms with van der Waals surface area (Å²) in [4.78, 5) is 12.6. The molecule has 1 N–H and O–H groups in total. The van der Waals surface area contributed by atoms with Crippen molar-refractivity contribution in [2.24, 2.45) is 5.92 Å². The predicted molar refractivity (Wildman–Crippen MR) is 88.1 cm³/mol. The summed E-state index contributed by atoms with van der Waals surface area (Å²) in [6.45, 7) is 3.30. The number of nitrogens with one attached hydrogen (secondary N) is 1. The number of nitro benzene ring substituents is 1. The van der Waals surface area contributed by atoms with Gasteiger partial charge in [-0.05, 0) is 37.7 Å². The first kappa shape index (κ1) is 16.2. The van der Waals surface area contributed by atoms with Gasteiger partial charge in [-0.1, -0.05) is 12.8 Å². The number of nitro groups is 1. The van der Waals surface area contributed by atoms with Crippen LogP contribution in [-0.4, -0.2) is 35.5 Å². The maximum Gasteiger partial charge on any atom is 0.272 e. The summed E-state index contributed by atoms with van der Waals surface area (Å²) >= 11 is 0. The van der Waals surface area contributed by atoms with E-state index in [-0.39, 0.29) is 11.7 Å². The largest absolute Gasteiger partial charge is 0.380 e. The normalized spacial score (nSPS) is 20.7. The second-order valence-electron chi connectivity index (χ2n) is 6.79. The van der Waals surface area contributed by atoms with Gasteiger partial charge in [0, 0.05) is 31.7 Å². The minimum atomic E-state index is -0.575. The third-order valence-electron chi connectivity index (χ3n) is 5.10. The summed E-state index contributed by atoms with van der Waals surface area (Å²) in [5.74, 6) is 0.319. The zero-order valence-electron chi connectivity index (χ0n) is 13.3. The minimum Gasteiger partial charge on any atom is -0.380 e. The summed E-state index contributed by atoms with van der Waals surface area (Å²) in [6, 6.07) is 4.04. The number of anilines is 1. The molecule has 2 aliphatic rings. The number of piperidine rings is 1. The van der Waals surface area contributed by atoms with Crippen LogP contribution in [0.3, 0.4) is 0 Å². The molecule has 1 aromatic carbocycles. The van der Waals surface area contributed by atoms with E-state index in [1.807, 2.05) is 0 Å². The van der Waals surface area contributed by atoms with Crippen LogP contribution < -0.4 is 5.32 Å². The van der Waals surface area contributed by atoms with E-state index >= 15 is 0 Å². The Hall–Kier alpha value is -1.69. The first-order valence-electron chi connectivity index (χ1n) is 8.54. The molecule has 3 rings (SSSR count). The number of hydrogen-bond donors (Lipinski definition) is 1. The Bertz CT molecular complexity index is 553. The van der Waals surface area contributed by atoms with E-state index in [0.717, 1.165) is 37.9 Å². The molecule has 1 aliphatic heterocycles. The van der Waals surface area contributed by atoms with E-state index in [0.29, 0.717) is 5.69 Å². The lowest BCUT2D eigenvalue weighted by atomic mass is 10.0. The molecule has 1 saturated heterocycles. The van der Waals surface area contributed by atoms with Crippen LogP contribution >= 0.6 is 0 Å². The van der Waals surface area contributed by atoms with Crippen LogP contribution in [0.1, 0.15) is 38.5 Å². The molecule has 1 aliphatic carbocycles. The van der Waals surface area contributed by atoms with E-state index in [4.69, 9.17) is 0 Å². The second-order valence-corrected chi connectivity index (χ2v) is 6.79. The first-order chi connectivity index (χ1) is 11.1. The molecule has 0 radical (unpaired) electrons. The van der Waals surface area contributed by atoms with Gasteiger partial charge in [0.05, 0.1) is 16.7 Å². The predicted octanol–water partition coefficient (Wildman–Crippen LogP) is 3.80. The highest BCUT2D eigenvalue weighted by molar-refractivity contribution is 5.50. The molecular weight excluding hydrogens is 297 g/mol. The van der Waals surface area contributed by atoms with Crippen molar-refractivity contribution in [3.8, 4) is 0 Å². The molecular formula is C17H24FN3O2. The average molecular weight is 321 g/mol. The van der Waals surface area contributed by atoms with Gasteiger partial charge in [-0.25, -0.2) is 4.39 Å². The maximum atomic E-state index is 13.9. The molecule has 1 heterocycles. The van der Waals surface area contributed by atoms with Gasteiger partial charge in [-0.3, -0.25) is 10.1 Å². The number of rotatable bonds is 5. The van der Waals surface area contributed by atoms with Gasteiger partial charge in [0.15, 0.2) is 5.82 Å². The van der Waals surface area contributed by atoms with E-state index < -0.39 is 10.7 Å². The Labute approximate surface area is 136 Å². The summed E-state index contributed by atoms with van der Waals surface area (Å²) in [7, 11) is 0. The van der Waals surface area contributed by atoms with Crippen molar-refractivity contribution >= 4 is 11.4 Å². The average Bonchev–Trinajstić information content (AvgIpc) is 3.04. The highest BCUT2D eigenvalue weighted by atomic mass is 19.1. The van der Waals surface area contributed by atoms with Crippen LogP contribution in [0.2, 0.25) is 0 Å². The monoisotopic (exact) mass is 321 g/mol. The van der Waals surface area contributed by atoms with E-state index in [2.05, 4.69) is 10.2 Å². The number of nitrogens with zero attached hydrogens (tertiary/aromatic N) is 2. The van der Waals surface area contributed by atoms with E-state index in [1.165, 1.54) is 44.4 Å². The molecule has 1 saturated carbocycles. The Kier molecular flexibility index (Phi) is 5.10. The van der Waals surface area contributed by atoms with Crippen LogP contribution in [0, 0.1) is 21.8 Å². The van der Waals surface area contributed by atoms with Crippen molar-refractivity contribution in [3.05, 3.63) is 34.1 Å². The number of benzene rings is 1. The Balaban J connectivity index is 1.49. The van der Waals surface area contributed by atoms with Crippen molar-refractivity contribution < 1.29 is 9.31 Å². The van der Waals surface area contributed by atoms with Crippen molar-refractivity contribution in [1.82, 2.24) is 4.90 Å². The quantitative estimate of drug-likeness (QED) is 0.662. The fourth-order valence-electron chi connectivity index (χ4n) is 3.77. The highest BCUT2D eigenvalue weighted by Crippen LogP contribution is 2.27. The van der Waals surface area contributed by atoms with Crippen molar-refractivity contribution in [2.45, 2.75) is 44.6 Å². The third-order valence-corrected chi connectivity index (χ3v) is 5.10. The molecule has 126 valence electrons. The van der Waals surface area contributed by atoms with E-state index in [9.17, 15) is 14.5 Å². The molecule has 2 fully saturated rings. The van der Waals surface area contributed by atoms with Crippen LogP contribution in [0.15, 0.2) is 18.2 Å². The third kappa shape index (κ3) is 4.19. The molecule has 6 heteroatoms. The van der Waals surface area contributed by atoms with Crippen LogP contribution in [0.25, 0.3) is 0 Å². The molecule has 23 heavy (non-hydrogen) atoms. The Morgan fingerprint density at radius 1 is 1.22 bits per heavy atom. The fraction of sp³-hybridized carbons (Fsp3) is 0.647. The summed E-state index contributed by atoms with van der Waals surface area (Å²) in [6.07, 6.45) is 7.47. The molecule has 5 nitrogen and oxygen atoms in total. The molecule has 1 aromatic rings. The number of halogens is 1. The first-order valence-corrected chi connectivity index (χ1v) is 8.54. The van der Waals surface area contributed by atoms with Crippen LogP contribution in [0.4, 0.5) is 15.8 Å². The minimum absolute atomic E-state index is 0.209. The lowest BCUT2D eigenvalue weighted by Gasteiger charge is -2.34. The summed E-state index contributed by atoms with van der Waals surface area (Å²) in [5, 5.41) is 13.9. The number of likely N-dealkylation sites (tertiary alicyclic amines) is 1. The molecule has 0 bridgehead atoms. The molecule has 0 spiro atoms. The van der Waals surface area contributed by atoms with Gasteiger partial charge < -0.3 is 10.2 Å². The van der Waals surface area contributed by atoms with Gasteiger partial charge in [-0.2, -0.15) is 0 Å². The zero-order valence-corrected chi connectivity index (χ0v) is 13.3. The number of non-ortho nitro benzene ring substituents is 1. The fourth-order valence-corrected chi connectivity index (χ4v) is 3.77. The zero-order chi connectivity index (χ0) is 16.2. The van der Waals surface area contributed by atoms with Crippen LogP contribution in [-0.2, 0) is 0 Å². The SMILES string of the molecule is O=[N+]([O-])c1ccc(NC2CCN(CC3CCCC3)CC2)c(F)c1. The van der Waals surface area contributed by atoms with Gasteiger partial charge in [0.25, 0.3) is 5.69 Å². The van der Waals surface area contributed by atoms with Gasteiger partial charge in [0.1, 0.15) is 0 Å².